The highest BCUT2D eigenvalue weighted by Gasteiger charge is 2.45. The van der Waals surface area contributed by atoms with Crippen molar-refractivity contribution in [1.29, 1.82) is 0 Å². The number of rotatable bonds is 4. The van der Waals surface area contributed by atoms with Gasteiger partial charge in [0.15, 0.2) is 5.82 Å². The molecule has 3 fully saturated rings. The lowest BCUT2D eigenvalue weighted by molar-refractivity contribution is -0.137. The Bertz CT molecular complexity index is 1220. The lowest BCUT2D eigenvalue weighted by Crippen LogP contribution is -2.59. The Morgan fingerprint density at radius 2 is 1.91 bits per heavy atom. The third-order valence-corrected chi connectivity index (χ3v) is 6.49. The van der Waals surface area contributed by atoms with Gasteiger partial charge < -0.3 is 9.64 Å². The van der Waals surface area contributed by atoms with Crippen molar-refractivity contribution in [2.75, 3.05) is 6.54 Å². The van der Waals surface area contributed by atoms with Gasteiger partial charge >= 0.3 is 6.18 Å². The molecule has 0 aromatic carbocycles. The van der Waals surface area contributed by atoms with Gasteiger partial charge in [-0.15, -0.1) is 4.80 Å². The molecule has 2 aliphatic heterocycles. The van der Waals surface area contributed by atoms with Crippen molar-refractivity contribution < 1.29 is 22.7 Å². The molecule has 3 atom stereocenters. The maximum atomic E-state index is 13.7. The molecule has 2 bridgehead atoms. The zero-order valence-electron chi connectivity index (χ0n) is 18.0. The van der Waals surface area contributed by atoms with E-state index in [-0.39, 0.29) is 28.8 Å². The van der Waals surface area contributed by atoms with Crippen LogP contribution >= 0.6 is 11.6 Å². The average molecular weight is 493 g/mol. The highest BCUT2D eigenvalue weighted by Crippen LogP contribution is 2.40. The van der Waals surface area contributed by atoms with Crippen LogP contribution in [0.1, 0.15) is 40.7 Å². The summed E-state index contributed by atoms with van der Waals surface area (Å²) in [6, 6.07) is 2.27. The van der Waals surface area contributed by atoms with Gasteiger partial charge in [-0.3, -0.25) is 4.79 Å². The molecule has 5 heterocycles. The normalized spacial score (nSPS) is 22.1. The van der Waals surface area contributed by atoms with E-state index < -0.39 is 17.8 Å². The number of hydrogen-bond donors (Lipinski definition) is 0. The number of aryl methyl sites for hydroxylation is 1. The number of carbonyl (C=O) groups excluding carboxylic acids is 1. The van der Waals surface area contributed by atoms with Crippen LogP contribution in [0.15, 0.2) is 36.9 Å². The summed E-state index contributed by atoms with van der Waals surface area (Å²) in [5, 5.41) is 7.99. The molecule has 0 radical (unpaired) electrons. The number of piperidine rings is 2. The molecule has 3 unspecified atom stereocenters. The molecule has 3 aromatic heterocycles. The zero-order chi connectivity index (χ0) is 24.0. The maximum Gasteiger partial charge on any atom is 0.417 e. The van der Waals surface area contributed by atoms with E-state index in [0.717, 1.165) is 18.1 Å². The summed E-state index contributed by atoms with van der Waals surface area (Å²) < 4.78 is 44.8. The smallest absolute Gasteiger partial charge is 0.417 e. The van der Waals surface area contributed by atoms with Crippen molar-refractivity contribution >= 4 is 17.5 Å². The molecule has 2 saturated heterocycles. The third kappa shape index (κ3) is 4.20. The molecule has 6 rings (SSSR count). The van der Waals surface area contributed by atoms with Crippen LogP contribution in [0.2, 0.25) is 5.02 Å². The number of halogens is 4. The van der Waals surface area contributed by atoms with Gasteiger partial charge in [-0.05, 0) is 49.8 Å². The number of fused-ring (bicyclic) bond motifs is 3. The molecular formula is C22H20ClF3N6O2. The molecule has 0 N–H and O–H groups in total. The van der Waals surface area contributed by atoms with E-state index in [0.29, 0.717) is 37.0 Å². The van der Waals surface area contributed by atoms with E-state index in [9.17, 15) is 18.0 Å². The van der Waals surface area contributed by atoms with Crippen molar-refractivity contribution in [3.05, 3.63) is 58.6 Å². The van der Waals surface area contributed by atoms with Crippen molar-refractivity contribution in [3.63, 3.8) is 0 Å². The summed E-state index contributed by atoms with van der Waals surface area (Å²) in [5.74, 6) is 0.222. The van der Waals surface area contributed by atoms with Crippen LogP contribution in [0.25, 0.3) is 5.82 Å². The zero-order valence-corrected chi connectivity index (χ0v) is 18.8. The molecular weight excluding hydrogens is 473 g/mol. The number of carbonyl (C=O) groups is 1. The Morgan fingerprint density at radius 3 is 2.59 bits per heavy atom. The molecule has 12 heteroatoms. The summed E-state index contributed by atoms with van der Waals surface area (Å²) in [4.78, 5) is 24.9. The summed E-state index contributed by atoms with van der Waals surface area (Å²) in [6.07, 6.45) is 2.65. The van der Waals surface area contributed by atoms with Crippen LogP contribution in [0.5, 0.6) is 5.88 Å². The fourth-order valence-corrected chi connectivity index (χ4v) is 4.87. The first kappa shape index (κ1) is 22.6. The van der Waals surface area contributed by atoms with Crippen LogP contribution in [0.4, 0.5) is 13.2 Å². The van der Waals surface area contributed by atoms with E-state index >= 15 is 0 Å². The number of nitrogens with zero attached hydrogens (tertiary/aromatic N) is 6. The second-order valence-corrected chi connectivity index (χ2v) is 8.98. The molecule has 3 aliphatic rings. The Labute approximate surface area is 197 Å². The van der Waals surface area contributed by atoms with Gasteiger partial charge in [0.2, 0.25) is 5.88 Å². The fraction of sp³-hybridized carbons (Fsp3) is 0.409. The first-order valence-corrected chi connectivity index (χ1v) is 11.1. The minimum Gasteiger partial charge on any atom is -0.471 e. The Hall–Kier alpha value is -3.21. The van der Waals surface area contributed by atoms with Crippen LogP contribution < -0.4 is 4.74 Å². The standard InChI is InChI=1S/C22H20ClF3N6O2/c1-12-6-15(19(27-9-12)32-29-4-5-30-32)21(33)31-11-13-2-3-17(31)18(7-13)34-20-16(23)8-14(10-28-20)22(24,25)26/h4-6,8-10,13,17-18H,2-3,7,11H2,1H3. The molecule has 178 valence electrons. The molecule has 0 spiro atoms. The van der Waals surface area contributed by atoms with E-state index in [1.165, 1.54) is 17.2 Å². The SMILES string of the molecule is Cc1cnc(-n2nccn2)c(C(=O)N2CC3CCC2C(Oc2ncc(C(F)(F)F)cc2Cl)C3)c1. The van der Waals surface area contributed by atoms with E-state index in [4.69, 9.17) is 16.3 Å². The summed E-state index contributed by atoms with van der Waals surface area (Å²) in [7, 11) is 0. The van der Waals surface area contributed by atoms with E-state index in [2.05, 4.69) is 20.2 Å². The van der Waals surface area contributed by atoms with Gasteiger partial charge in [-0.2, -0.15) is 23.4 Å². The van der Waals surface area contributed by atoms with Crippen molar-refractivity contribution in [3.8, 4) is 11.7 Å². The lowest BCUT2D eigenvalue weighted by atomic mass is 9.77. The van der Waals surface area contributed by atoms with Crippen molar-refractivity contribution in [2.24, 2.45) is 5.92 Å². The summed E-state index contributed by atoms with van der Waals surface area (Å²) in [5.41, 5.74) is 0.238. The van der Waals surface area contributed by atoms with Gasteiger partial charge in [0.05, 0.1) is 29.6 Å². The Morgan fingerprint density at radius 1 is 1.15 bits per heavy atom. The minimum atomic E-state index is -4.55. The maximum absolute atomic E-state index is 13.7. The Kier molecular flexibility index (Phi) is 5.67. The van der Waals surface area contributed by atoms with E-state index in [1.54, 1.807) is 17.2 Å². The summed E-state index contributed by atoms with van der Waals surface area (Å²) >= 11 is 6.05. The second-order valence-electron chi connectivity index (χ2n) is 8.57. The van der Waals surface area contributed by atoms with Crippen molar-refractivity contribution in [2.45, 2.75) is 44.5 Å². The van der Waals surface area contributed by atoms with Gasteiger partial charge in [0.1, 0.15) is 11.1 Å². The predicted octanol–water partition coefficient (Wildman–Crippen LogP) is 4.11. The second kappa shape index (κ2) is 8.53. The minimum absolute atomic E-state index is 0.0710. The van der Waals surface area contributed by atoms with Crippen LogP contribution in [-0.2, 0) is 6.18 Å². The van der Waals surface area contributed by atoms with Gasteiger partial charge in [-0.1, -0.05) is 11.6 Å². The predicted molar refractivity (Wildman–Crippen MR) is 115 cm³/mol. The highest BCUT2D eigenvalue weighted by molar-refractivity contribution is 6.31. The largest absolute Gasteiger partial charge is 0.471 e. The monoisotopic (exact) mass is 492 g/mol. The van der Waals surface area contributed by atoms with Crippen LogP contribution in [0.3, 0.4) is 0 Å². The topological polar surface area (TPSA) is 86.0 Å². The van der Waals surface area contributed by atoms with Gasteiger partial charge in [0, 0.05) is 18.9 Å². The van der Waals surface area contributed by atoms with E-state index in [1.807, 2.05) is 6.92 Å². The number of alkyl halides is 3. The first-order valence-electron chi connectivity index (χ1n) is 10.7. The first-order chi connectivity index (χ1) is 16.2. The van der Waals surface area contributed by atoms with Crippen LogP contribution in [0, 0.1) is 12.8 Å². The number of pyridine rings is 2. The van der Waals surface area contributed by atoms with Crippen LogP contribution in [-0.4, -0.2) is 54.5 Å². The quantitative estimate of drug-likeness (QED) is 0.545. The molecule has 34 heavy (non-hydrogen) atoms. The highest BCUT2D eigenvalue weighted by atomic mass is 35.5. The fourth-order valence-electron chi connectivity index (χ4n) is 4.66. The third-order valence-electron chi connectivity index (χ3n) is 6.22. The average Bonchev–Trinajstić information content (AvgIpc) is 3.34. The lowest BCUT2D eigenvalue weighted by Gasteiger charge is -2.49. The van der Waals surface area contributed by atoms with Crippen molar-refractivity contribution in [1.82, 2.24) is 29.9 Å². The number of amides is 1. The summed E-state index contributed by atoms with van der Waals surface area (Å²) in [6.45, 7) is 2.40. The van der Waals surface area contributed by atoms with Gasteiger partial charge in [-0.25, -0.2) is 9.97 Å². The number of hydrogen-bond acceptors (Lipinski definition) is 6. The van der Waals surface area contributed by atoms with Gasteiger partial charge in [0.25, 0.3) is 5.91 Å². The number of aromatic nitrogens is 5. The molecule has 1 amide bonds. The molecule has 3 aromatic rings. The molecule has 1 aliphatic carbocycles. The molecule has 8 nitrogen and oxygen atoms in total. The Balaban J connectivity index is 1.42. The molecule has 1 saturated carbocycles. The number of ether oxygens (including phenoxy) is 1.